The standard InChI is InChI=1S/C14H19FN2O2.ClH/c15-13-5-9(1-2-11(13)8-18)7-17-14(19)10-3-4-12(16)6-10;/h1-2,5,10,12,18H,3-4,6-8,16H2,(H,17,19);1H. The average molecular weight is 303 g/mol. The van der Waals surface area contributed by atoms with Gasteiger partial charge in [-0.15, -0.1) is 12.4 Å². The van der Waals surface area contributed by atoms with Gasteiger partial charge in [0.25, 0.3) is 0 Å². The van der Waals surface area contributed by atoms with E-state index in [1.807, 2.05) is 0 Å². The first-order chi connectivity index (χ1) is 9.10. The van der Waals surface area contributed by atoms with Gasteiger partial charge in [0.15, 0.2) is 0 Å². The zero-order valence-corrected chi connectivity index (χ0v) is 12.0. The van der Waals surface area contributed by atoms with E-state index in [1.165, 1.54) is 12.1 Å². The van der Waals surface area contributed by atoms with E-state index in [1.54, 1.807) is 6.07 Å². The SMILES string of the molecule is Cl.NC1CCC(C(=O)NCc2ccc(CO)c(F)c2)C1. The molecule has 2 atom stereocenters. The zero-order chi connectivity index (χ0) is 13.8. The van der Waals surface area contributed by atoms with Gasteiger partial charge in [-0.1, -0.05) is 12.1 Å². The molecule has 0 saturated heterocycles. The fraction of sp³-hybridized carbons (Fsp3) is 0.500. The summed E-state index contributed by atoms with van der Waals surface area (Å²) in [6.07, 6.45) is 2.44. The Labute approximate surface area is 124 Å². The Bertz CT molecular complexity index is 470. The van der Waals surface area contributed by atoms with Crippen molar-refractivity contribution in [3.8, 4) is 0 Å². The molecule has 0 aliphatic heterocycles. The van der Waals surface area contributed by atoms with Gasteiger partial charge in [0, 0.05) is 24.1 Å². The van der Waals surface area contributed by atoms with Crippen molar-refractivity contribution in [1.29, 1.82) is 0 Å². The number of aliphatic hydroxyl groups is 1. The first kappa shape index (κ1) is 16.9. The fourth-order valence-corrected chi connectivity index (χ4v) is 2.42. The number of amides is 1. The van der Waals surface area contributed by atoms with Crippen LogP contribution in [0.2, 0.25) is 0 Å². The van der Waals surface area contributed by atoms with Gasteiger partial charge in [0.05, 0.1) is 6.61 Å². The quantitative estimate of drug-likeness (QED) is 0.788. The van der Waals surface area contributed by atoms with Crippen molar-refractivity contribution < 1.29 is 14.3 Å². The topological polar surface area (TPSA) is 75.4 Å². The monoisotopic (exact) mass is 302 g/mol. The summed E-state index contributed by atoms with van der Waals surface area (Å²) in [6, 6.07) is 4.70. The lowest BCUT2D eigenvalue weighted by molar-refractivity contribution is -0.125. The molecular formula is C14H20ClFN2O2. The van der Waals surface area contributed by atoms with Crippen LogP contribution in [-0.2, 0) is 17.9 Å². The van der Waals surface area contributed by atoms with Crippen LogP contribution in [0.25, 0.3) is 0 Å². The van der Waals surface area contributed by atoms with Gasteiger partial charge in [-0.2, -0.15) is 0 Å². The van der Waals surface area contributed by atoms with Gasteiger partial charge in [0.1, 0.15) is 5.82 Å². The van der Waals surface area contributed by atoms with Crippen LogP contribution in [0.15, 0.2) is 18.2 Å². The number of benzene rings is 1. The molecule has 0 radical (unpaired) electrons. The molecular weight excluding hydrogens is 283 g/mol. The highest BCUT2D eigenvalue weighted by Gasteiger charge is 2.27. The summed E-state index contributed by atoms with van der Waals surface area (Å²) in [5, 5.41) is 11.7. The highest BCUT2D eigenvalue weighted by atomic mass is 35.5. The van der Waals surface area contributed by atoms with E-state index in [9.17, 15) is 9.18 Å². The Morgan fingerprint density at radius 1 is 1.45 bits per heavy atom. The molecule has 20 heavy (non-hydrogen) atoms. The second-order valence-electron chi connectivity index (χ2n) is 5.07. The Kier molecular flexibility index (Phi) is 6.39. The second-order valence-corrected chi connectivity index (χ2v) is 5.07. The predicted octanol–water partition coefficient (Wildman–Crippen LogP) is 1.48. The van der Waals surface area contributed by atoms with Crippen molar-refractivity contribution in [2.75, 3.05) is 0 Å². The minimum absolute atomic E-state index is 0. The number of aliphatic hydroxyl groups excluding tert-OH is 1. The van der Waals surface area contributed by atoms with Crippen LogP contribution in [-0.4, -0.2) is 17.1 Å². The summed E-state index contributed by atoms with van der Waals surface area (Å²) >= 11 is 0. The Balaban J connectivity index is 0.00000200. The van der Waals surface area contributed by atoms with Gasteiger partial charge < -0.3 is 16.2 Å². The largest absolute Gasteiger partial charge is 0.392 e. The number of hydrogen-bond donors (Lipinski definition) is 3. The maximum absolute atomic E-state index is 13.4. The number of nitrogens with one attached hydrogen (secondary N) is 1. The highest BCUT2D eigenvalue weighted by molar-refractivity contribution is 5.85. The Morgan fingerprint density at radius 2 is 2.20 bits per heavy atom. The van der Waals surface area contributed by atoms with Crippen LogP contribution in [0.1, 0.15) is 30.4 Å². The molecule has 0 aromatic heterocycles. The van der Waals surface area contributed by atoms with E-state index >= 15 is 0 Å². The van der Waals surface area contributed by atoms with Crippen molar-refractivity contribution in [1.82, 2.24) is 5.32 Å². The van der Waals surface area contributed by atoms with E-state index < -0.39 is 5.82 Å². The number of rotatable bonds is 4. The minimum Gasteiger partial charge on any atom is -0.392 e. The molecule has 6 heteroatoms. The number of carbonyl (C=O) groups is 1. The first-order valence-electron chi connectivity index (χ1n) is 6.51. The number of hydrogen-bond acceptors (Lipinski definition) is 3. The van der Waals surface area contributed by atoms with Gasteiger partial charge in [-0.05, 0) is 30.9 Å². The smallest absolute Gasteiger partial charge is 0.223 e. The third-order valence-electron chi connectivity index (χ3n) is 3.60. The molecule has 0 bridgehead atoms. The third-order valence-corrected chi connectivity index (χ3v) is 3.60. The summed E-state index contributed by atoms with van der Waals surface area (Å²) < 4.78 is 13.4. The maximum atomic E-state index is 13.4. The summed E-state index contributed by atoms with van der Waals surface area (Å²) in [4.78, 5) is 11.9. The van der Waals surface area contributed by atoms with Crippen LogP contribution in [0.3, 0.4) is 0 Å². The van der Waals surface area contributed by atoms with Crippen LogP contribution in [0, 0.1) is 11.7 Å². The van der Waals surface area contributed by atoms with Crippen molar-refractivity contribution >= 4 is 18.3 Å². The van der Waals surface area contributed by atoms with Crippen LogP contribution in [0.5, 0.6) is 0 Å². The molecule has 1 fully saturated rings. The van der Waals surface area contributed by atoms with Crippen molar-refractivity contribution in [2.24, 2.45) is 11.7 Å². The van der Waals surface area contributed by atoms with Crippen molar-refractivity contribution in [3.63, 3.8) is 0 Å². The van der Waals surface area contributed by atoms with Crippen LogP contribution >= 0.6 is 12.4 Å². The molecule has 1 aromatic carbocycles. The number of halogens is 2. The fourth-order valence-electron chi connectivity index (χ4n) is 2.42. The molecule has 1 amide bonds. The second kappa shape index (κ2) is 7.57. The predicted molar refractivity (Wildman–Crippen MR) is 76.7 cm³/mol. The molecule has 1 aliphatic rings. The maximum Gasteiger partial charge on any atom is 0.223 e. The normalized spacial score (nSPS) is 21.4. The lowest BCUT2D eigenvalue weighted by atomic mass is 10.1. The number of carbonyl (C=O) groups excluding carboxylic acids is 1. The lowest BCUT2D eigenvalue weighted by Crippen LogP contribution is -2.30. The van der Waals surface area contributed by atoms with Crippen LogP contribution < -0.4 is 11.1 Å². The molecule has 1 saturated carbocycles. The minimum atomic E-state index is -0.447. The Hall–Kier alpha value is -1.17. The van der Waals surface area contributed by atoms with Crippen molar-refractivity contribution in [2.45, 2.75) is 38.5 Å². The number of nitrogens with two attached hydrogens (primary N) is 1. The lowest BCUT2D eigenvalue weighted by Gasteiger charge is -2.11. The van der Waals surface area contributed by atoms with Crippen LogP contribution in [0.4, 0.5) is 4.39 Å². The van der Waals surface area contributed by atoms with E-state index in [0.717, 1.165) is 19.3 Å². The molecule has 1 aliphatic carbocycles. The van der Waals surface area contributed by atoms with Crippen molar-refractivity contribution in [3.05, 3.63) is 35.1 Å². The summed E-state index contributed by atoms with van der Waals surface area (Å²) in [5.74, 6) is -0.478. The summed E-state index contributed by atoms with van der Waals surface area (Å²) in [7, 11) is 0. The molecule has 2 unspecified atom stereocenters. The molecule has 0 spiro atoms. The summed E-state index contributed by atoms with van der Waals surface area (Å²) in [5.41, 5.74) is 6.72. The molecule has 1 aromatic rings. The average Bonchev–Trinajstić information content (AvgIpc) is 2.83. The van der Waals surface area contributed by atoms with Gasteiger partial charge >= 0.3 is 0 Å². The van der Waals surface area contributed by atoms with Gasteiger partial charge in [-0.3, -0.25) is 4.79 Å². The van der Waals surface area contributed by atoms with E-state index in [-0.39, 0.29) is 42.4 Å². The molecule has 0 heterocycles. The highest BCUT2D eigenvalue weighted by Crippen LogP contribution is 2.24. The van der Waals surface area contributed by atoms with E-state index in [0.29, 0.717) is 12.1 Å². The molecule has 112 valence electrons. The zero-order valence-electron chi connectivity index (χ0n) is 11.1. The van der Waals surface area contributed by atoms with Gasteiger partial charge in [-0.25, -0.2) is 4.39 Å². The first-order valence-corrected chi connectivity index (χ1v) is 6.51. The molecule has 2 rings (SSSR count). The van der Waals surface area contributed by atoms with E-state index in [2.05, 4.69) is 5.32 Å². The molecule has 4 N–H and O–H groups in total. The van der Waals surface area contributed by atoms with Gasteiger partial charge in [0.2, 0.25) is 5.91 Å². The summed E-state index contributed by atoms with van der Waals surface area (Å²) in [6.45, 7) is -0.0222. The third kappa shape index (κ3) is 4.16. The molecule has 4 nitrogen and oxygen atoms in total. The Morgan fingerprint density at radius 3 is 2.75 bits per heavy atom. The van der Waals surface area contributed by atoms with E-state index in [4.69, 9.17) is 10.8 Å².